The first kappa shape index (κ1) is 10.9. The molecule has 2 aromatic rings. The Balaban J connectivity index is 2.26. The van der Waals surface area contributed by atoms with E-state index in [4.69, 9.17) is 5.73 Å². The minimum absolute atomic E-state index is 0.413. The van der Waals surface area contributed by atoms with Crippen molar-refractivity contribution < 1.29 is 0 Å². The maximum absolute atomic E-state index is 5.47. The van der Waals surface area contributed by atoms with Crippen molar-refractivity contribution in [1.29, 1.82) is 0 Å². The molecule has 5 heteroatoms. The molecule has 2 rings (SSSR count). The van der Waals surface area contributed by atoms with Crippen LogP contribution in [0.1, 0.15) is 5.56 Å². The Kier molecular flexibility index (Phi) is 3.05. The first-order valence-electron chi connectivity index (χ1n) is 4.77. The summed E-state index contributed by atoms with van der Waals surface area (Å²) in [5.41, 5.74) is 7.60. The number of aromatic nitrogens is 2. The molecule has 0 saturated heterocycles. The summed E-state index contributed by atoms with van der Waals surface area (Å²) in [7, 11) is 0. The maximum Gasteiger partial charge on any atom is 0.153 e. The zero-order valence-electron chi connectivity index (χ0n) is 8.74. The minimum Gasteiger partial charge on any atom is -0.382 e. The Morgan fingerprint density at radius 3 is 2.69 bits per heavy atom. The second kappa shape index (κ2) is 4.49. The fourth-order valence-electron chi connectivity index (χ4n) is 1.28. The standard InChI is InChI=1S/C11H11BrN4/c1-7-2-3-8(12)6-9(7)14-11-5-4-10(13)15-16-11/h2-6H,1H3,(H2,13,15)(H,14,16). The van der Waals surface area contributed by atoms with Gasteiger partial charge in [-0.15, -0.1) is 10.2 Å². The van der Waals surface area contributed by atoms with Crippen molar-refractivity contribution in [2.24, 2.45) is 0 Å². The van der Waals surface area contributed by atoms with Crippen LogP contribution in [0.2, 0.25) is 0 Å². The highest BCUT2D eigenvalue weighted by molar-refractivity contribution is 9.10. The minimum atomic E-state index is 0.413. The molecule has 0 fully saturated rings. The van der Waals surface area contributed by atoms with Gasteiger partial charge in [-0.05, 0) is 36.8 Å². The number of nitrogen functional groups attached to an aromatic ring is 1. The summed E-state index contributed by atoms with van der Waals surface area (Å²) >= 11 is 3.43. The van der Waals surface area contributed by atoms with Crippen LogP contribution < -0.4 is 11.1 Å². The number of nitrogens with zero attached hydrogens (tertiary/aromatic N) is 2. The fourth-order valence-corrected chi connectivity index (χ4v) is 1.64. The molecule has 82 valence electrons. The number of hydrogen-bond donors (Lipinski definition) is 2. The Morgan fingerprint density at radius 1 is 1.19 bits per heavy atom. The zero-order valence-corrected chi connectivity index (χ0v) is 10.3. The molecule has 0 spiro atoms. The molecule has 0 atom stereocenters. The SMILES string of the molecule is Cc1ccc(Br)cc1Nc1ccc(N)nn1. The van der Waals surface area contributed by atoms with E-state index in [1.807, 2.05) is 25.1 Å². The Bertz CT molecular complexity index is 496. The molecule has 16 heavy (non-hydrogen) atoms. The fraction of sp³-hybridized carbons (Fsp3) is 0.0909. The predicted molar refractivity (Wildman–Crippen MR) is 68.6 cm³/mol. The summed E-state index contributed by atoms with van der Waals surface area (Å²) in [4.78, 5) is 0. The molecule has 0 bridgehead atoms. The number of aryl methyl sites for hydroxylation is 1. The van der Waals surface area contributed by atoms with E-state index in [0.717, 1.165) is 15.7 Å². The predicted octanol–water partition coefficient (Wildman–Crippen LogP) is 2.87. The Morgan fingerprint density at radius 2 is 2.00 bits per heavy atom. The van der Waals surface area contributed by atoms with Crippen LogP contribution in [0.15, 0.2) is 34.8 Å². The van der Waals surface area contributed by atoms with Crippen LogP contribution in [0.5, 0.6) is 0 Å². The van der Waals surface area contributed by atoms with Crippen LogP contribution in [0.3, 0.4) is 0 Å². The summed E-state index contributed by atoms with van der Waals surface area (Å²) < 4.78 is 1.02. The third kappa shape index (κ3) is 2.49. The average molecular weight is 279 g/mol. The molecular weight excluding hydrogens is 268 g/mol. The molecule has 0 aliphatic heterocycles. The van der Waals surface area contributed by atoms with Crippen LogP contribution >= 0.6 is 15.9 Å². The first-order chi connectivity index (χ1) is 7.65. The van der Waals surface area contributed by atoms with Crippen molar-refractivity contribution in [2.75, 3.05) is 11.1 Å². The second-order valence-electron chi connectivity index (χ2n) is 3.43. The lowest BCUT2D eigenvalue weighted by molar-refractivity contribution is 1.05. The van der Waals surface area contributed by atoms with Crippen molar-refractivity contribution in [3.8, 4) is 0 Å². The molecule has 3 N–H and O–H groups in total. The topological polar surface area (TPSA) is 63.8 Å². The van der Waals surface area contributed by atoms with Crippen molar-refractivity contribution in [1.82, 2.24) is 10.2 Å². The third-order valence-electron chi connectivity index (χ3n) is 2.15. The van der Waals surface area contributed by atoms with Gasteiger partial charge in [0.05, 0.1) is 0 Å². The zero-order chi connectivity index (χ0) is 11.5. The average Bonchev–Trinajstić information content (AvgIpc) is 2.27. The lowest BCUT2D eigenvalue weighted by Crippen LogP contribution is -1.99. The monoisotopic (exact) mass is 278 g/mol. The molecule has 0 saturated carbocycles. The van der Waals surface area contributed by atoms with E-state index in [9.17, 15) is 0 Å². The number of anilines is 3. The van der Waals surface area contributed by atoms with Gasteiger partial charge in [0.25, 0.3) is 0 Å². The lowest BCUT2D eigenvalue weighted by atomic mass is 10.2. The summed E-state index contributed by atoms with van der Waals surface area (Å²) in [6.45, 7) is 2.03. The van der Waals surface area contributed by atoms with Gasteiger partial charge < -0.3 is 11.1 Å². The van der Waals surface area contributed by atoms with Crippen molar-refractivity contribution in [3.05, 3.63) is 40.4 Å². The van der Waals surface area contributed by atoms with Crippen LogP contribution in [0.25, 0.3) is 0 Å². The van der Waals surface area contributed by atoms with Crippen molar-refractivity contribution in [2.45, 2.75) is 6.92 Å². The van der Waals surface area contributed by atoms with Gasteiger partial charge in [-0.3, -0.25) is 0 Å². The summed E-state index contributed by atoms with van der Waals surface area (Å²) in [5.74, 6) is 1.09. The number of nitrogens with two attached hydrogens (primary N) is 1. The highest BCUT2D eigenvalue weighted by Gasteiger charge is 2.01. The van der Waals surface area contributed by atoms with Gasteiger partial charge in [0.2, 0.25) is 0 Å². The van der Waals surface area contributed by atoms with Crippen molar-refractivity contribution in [3.63, 3.8) is 0 Å². The number of nitrogens with one attached hydrogen (secondary N) is 1. The van der Waals surface area contributed by atoms with Crippen molar-refractivity contribution >= 4 is 33.3 Å². The molecule has 1 aromatic heterocycles. The van der Waals surface area contributed by atoms with E-state index in [2.05, 4.69) is 31.4 Å². The third-order valence-corrected chi connectivity index (χ3v) is 2.64. The maximum atomic E-state index is 5.47. The Labute approximate surface area is 102 Å². The summed E-state index contributed by atoms with van der Waals surface area (Å²) in [6.07, 6.45) is 0. The number of halogens is 1. The van der Waals surface area contributed by atoms with E-state index in [-0.39, 0.29) is 0 Å². The highest BCUT2D eigenvalue weighted by atomic mass is 79.9. The van der Waals surface area contributed by atoms with Crippen LogP contribution in [-0.4, -0.2) is 10.2 Å². The molecular formula is C11H11BrN4. The van der Waals surface area contributed by atoms with E-state index in [0.29, 0.717) is 11.6 Å². The molecule has 4 nitrogen and oxygen atoms in total. The number of rotatable bonds is 2. The molecule has 1 heterocycles. The van der Waals surface area contributed by atoms with E-state index in [1.54, 1.807) is 12.1 Å². The van der Waals surface area contributed by atoms with Crippen LogP contribution in [-0.2, 0) is 0 Å². The van der Waals surface area contributed by atoms with Gasteiger partial charge in [0, 0.05) is 10.2 Å². The van der Waals surface area contributed by atoms with Crippen LogP contribution in [0.4, 0.5) is 17.3 Å². The van der Waals surface area contributed by atoms with Gasteiger partial charge in [0.15, 0.2) is 5.82 Å². The van der Waals surface area contributed by atoms with Gasteiger partial charge in [-0.2, -0.15) is 0 Å². The van der Waals surface area contributed by atoms with E-state index >= 15 is 0 Å². The molecule has 0 radical (unpaired) electrons. The van der Waals surface area contributed by atoms with Crippen LogP contribution in [0, 0.1) is 6.92 Å². The second-order valence-corrected chi connectivity index (χ2v) is 4.34. The Hall–Kier alpha value is -1.62. The van der Waals surface area contributed by atoms with Gasteiger partial charge in [0.1, 0.15) is 5.82 Å². The highest BCUT2D eigenvalue weighted by Crippen LogP contribution is 2.23. The summed E-state index contributed by atoms with van der Waals surface area (Å²) in [6, 6.07) is 9.52. The molecule has 0 unspecified atom stereocenters. The number of hydrogen-bond acceptors (Lipinski definition) is 4. The smallest absolute Gasteiger partial charge is 0.153 e. The van der Waals surface area contributed by atoms with E-state index < -0.39 is 0 Å². The largest absolute Gasteiger partial charge is 0.382 e. The van der Waals surface area contributed by atoms with Gasteiger partial charge in [-0.1, -0.05) is 22.0 Å². The normalized spacial score (nSPS) is 10.1. The number of benzene rings is 1. The van der Waals surface area contributed by atoms with Gasteiger partial charge >= 0.3 is 0 Å². The lowest BCUT2D eigenvalue weighted by Gasteiger charge is -2.08. The quantitative estimate of drug-likeness (QED) is 0.887. The molecule has 1 aromatic carbocycles. The van der Waals surface area contributed by atoms with E-state index in [1.165, 1.54) is 0 Å². The summed E-state index contributed by atoms with van der Waals surface area (Å²) in [5, 5.41) is 10.9. The molecule has 0 amide bonds. The molecule has 0 aliphatic carbocycles. The molecule has 0 aliphatic rings. The van der Waals surface area contributed by atoms with Gasteiger partial charge in [-0.25, -0.2) is 0 Å². The first-order valence-corrected chi connectivity index (χ1v) is 5.57.